The number of nitrogens with one attached hydrogen (secondary N) is 1. The smallest absolute Gasteiger partial charge is 0.274 e. The van der Waals surface area contributed by atoms with Gasteiger partial charge in [-0.05, 0) is 37.4 Å². The molecule has 6 nitrogen and oxygen atoms in total. The predicted octanol–water partition coefficient (Wildman–Crippen LogP) is 2.40. The molecule has 1 aliphatic heterocycles. The van der Waals surface area contributed by atoms with Gasteiger partial charge in [-0.2, -0.15) is 0 Å². The zero-order chi connectivity index (χ0) is 17.1. The zero-order valence-electron chi connectivity index (χ0n) is 13.2. The normalized spacial score (nSPS) is 15.4. The van der Waals surface area contributed by atoms with Gasteiger partial charge in [0.1, 0.15) is 5.82 Å². The van der Waals surface area contributed by atoms with E-state index in [0.29, 0.717) is 30.3 Å². The van der Waals surface area contributed by atoms with Gasteiger partial charge in [-0.25, -0.2) is 4.39 Å². The highest BCUT2D eigenvalue weighted by Gasteiger charge is 2.21. The molecule has 1 saturated heterocycles. The van der Waals surface area contributed by atoms with Crippen LogP contribution in [0.25, 0.3) is 0 Å². The first-order valence-electron chi connectivity index (χ1n) is 7.56. The molecule has 0 bridgehead atoms. The number of amides is 1. The van der Waals surface area contributed by atoms with Crippen LogP contribution in [-0.4, -0.2) is 59.1 Å². The Bertz CT molecular complexity index is 732. The average molecular weight is 350 g/mol. The molecule has 126 valence electrons. The summed E-state index contributed by atoms with van der Waals surface area (Å²) in [4.78, 5) is 16.3. The van der Waals surface area contributed by atoms with Crippen LogP contribution in [0.5, 0.6) is 0 Å². The number of halogens is 2. The van der Waals surface area contributed by atoms with E-state index >= 15 is 0 Å². The lowest BCUT2D eigenvalue weighted by atomic mass is 10.2. The van der Waals surface area contributed by atoms with Gasteiger partial charge in [0, 0.05) is 31.9 Å². The van der Waals surface area contributed by atoms with Crippen molar-refractivity contribution < 1.29 is 9.18 Å². The number of hydrogen-bond acceptors (Lipinski definition) is 5. The second kappa shape index (κ2) is 7.11. The number of anilines is 2. The van der Waals surface area contributed by atoms with E-state index in [1.54, 1.807) is 23.1 Å². The zero-order valence-corrected chi connectivity index (χ0v) is 13.9. The van der Waals surface area contributed by atoms with Crippen molar-refractivity contribution in [3.63, 3.8) is 0 Å². The predicted molar refractivity (Wildman–Crippen MR) is 90.1 cm³/mol. The molecule has 2 heterocycles. The largest absolute Gasteiger partial charge is 0.339 e. The number of hydrogen-bond donors (Lipinski definition) is 1. The Balaban J connectivity index is 1.66. The van der Waals surface area contributed by atoms with Gasteiger partial charge < -0.3 is 15.1 Å². The minimum Gasteiger partial charge on any atom is -0.339 e. The molecule has 1 amide bonds. The Morgan fingerprint density at radius 3 is 2.54 bits per heavy atom. The second-order valence-corrected chi connectivity index (χ2v) is 6.06. The van der Waals surface area contributed by atoms with Gasteiger partial charge in [0.05, 0.1) is 5.02 Å². The second-order valence-electron chi connectivity index (χ2n) is 5.65. The molecule has 1 aromatic carbocycles. The highest BCUT2D eigenvalue weighted by Crippen LogP contribution is 2.21. The SMILES string of the molecule is CN1CCN(C(=O)c2ccc(Nc3ccc(F)c(Cl)c3)nn2)CC1. The number of nitrogens with zero attached hydrogens (tertiary/aromatic N) is 4. The van der Waals surface area contributed by atoms with Crippen LogP contribution in [0.15, 0.2) is 30.3 Å². The third-order valence-corrected chi connectivity index (χ3v) is 4.16. The van der Waals surface area contributed by atoms with Crippen molar-refractivity contribution >= 4 is 29.0 Å². The lowest BCUT2D eigenvalue weighted by Crippen LogP contribution is -2.47. The molecule has 0 unspecified atom stereocenters. The molecular weight excluding hydrogens is 333 g/mol. The number of likely N-dealkylation sites (N-methyl/N-ethyl adjacent to an activating group) is 1. The first-order valence-corrected chi connectivity index (χ1v) is 7.94. The lowest BCUT2D eigenvalue weighted by molar-refractivity contribution is 0.0657. The van der Waals surface area contributed by atoms with Crippen molar-refractivity contribution in [1.29, 1.82) is 0 Å². The third kappa shape index (κ3) is 3.80. The van der Waals surface area contributed by atoms with Gasteiger partial charge >= 0.3 is 0 Å². The van der Waals surface area contributed by atoms with Gasteiger partial charge in [-0.3, -0.25) is 4.79 Å². The fourth-order valence-corrected chi connectivity index (χ4v) is 2.59. The standard InChI is InChI=1S/C16H17ClFN5O/c1-22-6-8-23(9-7-22)16(24)14-4-5-15(21-20-14)19-11-2-3-13(18)12(17)10-11/h2-5,10H,6-9H2,1H3,(H,19,21). The van der Waals surface area contributed by atoms with Crippen molar-refractivity contribution in [2.45, 2.75) is 0 Å². The first-order chi connectivity index (χ1) is 11.5. The Kier molecular flexibility index (Phi) is 4.92. The highest BCUT2D eigenvalue weighted by atomic mass is 35.5. The average Bonchev–Trinajstić information content (AvgIpc) is 2.59. The van der Waals surface area contributed by atoms with E-state index in [-0.39, 0.29) is 10.9 Å². The minimum atomic E-state index is -0.485. The fraction of sp³-hybridized carbons (Fsp3) is 0.312. The molecule has 2 aromatic rings. The van der Waals surface area contributed by atoms with E-state index in [2.05, 4.69) is 20.4 Å². The number of carbonyl (C=O) groups is 1. The van der Waals surface area contributed by atoms with Gasteiger partial charge in [0.2, 0.25) is 0 Å². The summed E-state index contributed by atoms with van der Waals surface area (Å²) < 4.78 is 13.1. The summed E-state index contributed by atoms with van der Waals surface area (Å²) in [6.07, 6.45) is 0. The molecule has 8 heteroatoms. The fourth-order valence-electron chi connectivity index (χ4n) is 2.41. The Labute approximate surface area is 144 Å². The minimum absolute atomic E-state index is 0.0230. The summed E-state index contributed by atoms with van der Waals surface area (Å²) in [7, 11) is 2.03. The molecule has 0 aliphatic carbocycles. The van der Waals surface area contributed by atoms with Crippen LogP contribution in [0.3, 0.4) is 0 Å². The summed E-state index contributed by atoms with van der Waals surface area (Å²) in [6.45, 7) is 3.07. The monoisotopic (exact) mass is 349 g/mol. The van der Waals surface area contributed by atoms with Gasteiger partial charge in [-0.15, -0.1) is 10.2 Å². The highest BCUT2D eigenvalue weighted by molar-refractivity contribution is 6.31. The molecule has 1 fully saturated rings. The van der Waals surface area contributed by atoms with Crippen LogP contribution in [0.2, 0.25) is 5.02 Å². The van der Waals surface area contributed by atoms with E-state index in [1.165, 1.54) is 12.1 Å². The topological polar surface area (TPSA) is 61.4 Å². The van der Waals surface area contributed by atoms with Gasteiger partial charge in [0.15, 0.2) is 11.5 Å². The van der Waals surface area contributed by atoms with Crippen molar-refractivity contribution in [3.05, 3.63) is 46.9 Å². The number of carbonyl (C=O) groups excluding carboxylic acids is 1. The molecule has 3 rings (SSSR count). The molecule has 0 saturated carbocycles. The van der Waals surface area contributed by atoms with Gasteiger partial charge in [-0.1, -0.05) is 11.6 Å². The van der Waals surface area contributed by atoms with Crippen molar-refractivity contribution in [3.8, 4) is 0 Å². The molecule has 1 N–H and O–H groups in total. The Morgan fingerprint density at radius 1 is 1.17 bits per heavy atom. The summed E-state index contributed by atoms with van der Waals surface area (Å²) in [6, 6.07) is 7.56. The van der Waals surface area contributed by atoms with Crippen LogP contribution in [0.1, 0.15) is 10.5 Å². The van der Waals surface area contributed by atoms with Crippen LogP contribution < -0.4 is 5.32 Å². The first kappa shape index (κ1) is 16.6. The van der Waals surface area contributed by atoms with E-state index < -0.39 is 5.82 Å². The van der Waals surface area contributed by atoms with Crippen LogP contribution in [-0.2, 0) is 0 Å². The number of aromatic nitrogens is 2. The molecular formula is C16H17ClFN5O. The maximum atomic E-state index is 13.1. The lowest BCUT2D eigenvalue weighted by Gasteiger charge is -2.32. The van der Waals surface area contributed by atoms with Crippen molar-refractivity contribution in [1.82, 2.24) is 20.0 Å². The quantitative estimate of drug-likeness (QED) is 0.922. The van der Waals surface area contributed by atoms with Crippen LogP contribution >= 0.6 is 11.6 Å². The summed E-state index contributed by atoms with van der Waals surface area (Å²) in [5, 5.41) is 11.0. The molecule has 0 radical (unpaired) electrons. The number of piperazine rings is 1. The van der Waals surface area contributed by atoms with E-state index in [4.69, 9.17) is 11.6 Å². The molecule has 1 aliphatic rings. The third-order valence-electron chi connectivity index (χ3n) is 3.87. The van der Waals surface area contributed by atoms with Gasteiger partial charge in [0.25, 0.3) is 5.91 Å². The molecule has 24 heavy (non-hydrogen) atoms. The summed E-state index contributed by atoms with van der Waals surface area (Å²) in [5.41, 5.74) is 0.899. The molecule has 0 atom stereocenters. The van der Waals surface area contributed by atoms with E-state index in [9.17, 15) is 9.18 Å². The molecule has 0 spiro atoms. The molecule has 1 aromatic heterocycles. The van der Waals surface area contributed by atoms with Crippen molar-refractivity contribution in [2.24, 2.45) is 0 Å². The van der Waals surface area contributed by atoms with Crippen molar-refractivity contribution in [2.75, 3.05) is 38.5 Å². The Hall–Kier alpha value is -2.25. The number of rotatable bonds is 3. The Morgan fingerprint density at radius 2 is 1.92 bits per heavy atom. The summed E-state index contributed by atoms with van der Waals surface area (Å²) >= 11 is 5.74. The maximum absolute atomic E-state index is 13.1. The van der Waals surface area contributed by atoms with Crippen LogP contribution in [0, 0.1) is 5.82 Å². The van der Waals surface area contributed by atoms with Crippen LogP contribution in [0.4, 0.5) is 15.9 Å². The number of benzene rings is 1. The maximum Gasteiger partial charge on any atom is 0.274 e. The summed E-state index contributed by atoms with van der Waals surface area (Å²) in [5.74, 6) is -0.152. The van der Waals surface area contributed by atoms with E-state index in [1.807, 2.05) is 7.05 Å². The van der Waals surface area contributed by atoms with E-state index in [0.717, 1.165) is 13.1 Å².